The maximum Gasteiger partial charge on any atom is 0.254 e. The molecule has 2 fully saturated rings. The number of benzene rings is 2. The Kier molecular flexibility index (Phi) is 4.50. The molecule has 1 unspecified atom stereocenters. The van der Waals surface area contributed by atoms with Gasteiger partial charge in [-0.15, -0.1) is 0 Å². The second kappa shape index (κ2) is 6.84. The number of hydrogen-bond donors (Lipinski definition) is 0. The topological polar surface area (TPSA) is 40.6 Å². The molecule has 4 rings (SSSR count). The summed E-state index contributed by atoms with van der Waals surface area (Å²) in [4.78, 5) is 29.7. The van der Waals surface area contributed by atoms with Crippen LogP contribution in [-0.4, -0.2) is 47.3 Å². The first-order valence-corrected chi connectivity index (χ1v) is 9.69. The minimum Gasteiger partial charge on any atom is -0.339 e. The lowest BCUT2D eigenvalue weighted by atomic mass is 9.81. The first-order chi connectivity index (χ1) is 13.0. The number of piperidine rings is 1. The van der Waals surface area contributed by atoms with E-state index in [4.69, 9.17) is 0 Å². The lowest BCUT2D eigenvalue weighted by molar-refractivity contribution is -0.131. The molecular formula is C23H26N2O2. The van der Waals surface area contributed by atoms with Crippen LogP contribution in [0.15, 0.2) is 54.6 Å². The highest BCUT2D eigenvalue weighted by atomic mass is 16.2. The fourth-order valence-electron chi connectivity index (χ4n) is 4.67. The maximum atomic E-state index is 12.9. The van der Waals surface area contributed by atoms with Gasteiger partial charge in [-0.2, -0.15) is 0 Å². The van der Waals surface area contributed by atoms with Gasteiger partial charge in [-0.1, -0.05) is 48.5 Å². The number of rotatable bonds is 2. The van der Waals surface area contributed by atoms with Crippen LogP contribution in [0.4, 0.5) is 0 Å². The third-order valence-electron chi connectivity index (χ3n) is 6.48. The van der Waals surface area contributed by atoms with Gasteiger partial charge in [-0.3, -0.25) is 9.59 Å². The van der Waals surface area contributed by atoms with E-state index in [0.29, 0.717) is 13.1 Å². The number of aryl methyl sites for hydroxylation is 1. The van der Waals surface area contributed by atoms with Gasteiger partial charge in [0.1, 0.15) is 0 Å². The van der Waals surface area contributed by atoms with Gasteiger partial charge in [0.2, 0.25) is 5.91 Å². The highest BCUT2D eigenvalue weighted by Crippen LogP contribution is 2.45. The Morgan fingerprint density at radius 2 is 1.63 bits per heavy atom. The Bertz CT molecular complexity index is 854. The summed E-state index contributed by atoms with van der Waals surface area (Å²) in [7, 11) is 1.93. The van der Waals surface area contributed by atoms with Crippen molar-refractivity contribution in [2.45, 2.75) is 37.6 Å². The number of hydrogen-bond acceptors (Lipinski definition) is 2. The second-order valence-corrected chi connectivity index (χ2v) is 7.90. The summed E-state index contributed by atoms with van der Waals surface area (Å²) >= 11 is 0. The van der Waals surface area contributed by atoms with E-state index in [2.05, 4.69) is 0 Å². The van der Waals surface area contributed by atoms with Crippen molar-refractivity contribution in [3.63, 3.8) is 0 Å². The zero-order chi connectivity index (χ0) is 19.0. The van der Waals surface area contributed by atoms with Gasteiger partial charge in [0.05, 0.1) is 5.92 Å². The lowest BCUT2D eigenvalue weighted by Gasteiger charge is -2.43. The Morgan fingerprint density at radius 1 is 1.00 bits per heavy atom. The smallest absolute Gasteiger partial charge is 0.254 e. The molecule has 0 N–H and O–H groups in total. The standard InChI is InChI=1S/C23H26N2O2/c1-17-8-6-7-11-19(17)22(27)25-14-12-23(13-15-25)16-20(21(26)24(23)2)18-9-4-3-5-10-18/h3-11,20H,12-16H2,1-2H3. The van der Waals surface area contributed by atoms with Crippen LogP contribution >= 0.6 is 0 Å². The molecule has 2 aromatic rings. The SMILES string of the molecule is Cc1ccccc1C(=O)N1CCC2(CC1)CC(c1ccccc1)C(=O)N2C. The fraction of sp³-hybridized carbons (Fsp3) is 0.391. The molecule has 0 bridgehead atoms. The van der Waals surface area contributed by atoms with E-state index in [1.54, 1.807) is 0 Å². The zero-order valence-electron chi connectivity index (χ0n) is 16.0. The van der Waals surface area contributed by atoms with Crippen molar-refractivity contribution < 1.29 is 9.59 Å². The van der Waals surface area contributed by atoms with Crippen molar-refractivity contribution in [1.29, 1.82) is 0 Å². The van der Waals surface area contributed by atoms with Gasteiger partial charge in [0, 0.05) is 31.2 Å². The van der Waals surface area contributed by atoms with Crippen molar-refractivity contribution in [2.24, 2.45) is 0 Å². The molecule has 140 valence electrons. The van der Waals surface area contributed by atoms with Crippen molar-refractivity contribution in [3.8, 4) is 0 Å². The highest BCUT2D eigenvalue weighted by Gasteiger charge is 2.50. The molecule has 2 heterocycles. The third-order valence-corrected chi connectivity index (χ3v) is 6.48. The fourth-order valence-corrected chi connectivity index (χ4v) is 4.67. The van der Waals surface area contributed by atoms with Crippen LogP contribution in [0.1, 0.15) is 46.7 Å². The molecular weight excluding hydrogens is 336 g/mol. The average Bonchev–Trinajstić information content (AvgIpc) is 2.94. The van der Waals surface area contributed by atoms with E-state index in [9.17, 15) is 9.59 Å². The van der Waals surface area contributed by atoms with Gasteiger partial charge in [-0.05, 0) is 43.4 Å². The van der Waals surface area contributed by atoms with E-state index >= 15 is 0 Å². The largest absolute Gasteiger partial charge is 0.339 e. The molecule has 2 aliphatic heterocycles. The minimum absolute atomic E-state index is 0.0604. The molecule has 0 aliphatic carbocycles. The molecule has 0 saturated carbocycles. The monoisotopic (exact) mass is 362 g/mol. The summed E-state index contributed by atoms with van der Waals surface area (Å²) in [5.41, 5.74) is 2.77. The van der Waals surface area contributed by atoms with Crippen LogP contribution in [0.25, 0.3) is 0 Å². The molecule has 1 spiro atoms. The summed E-state index contributed by atoms with van der Waals surface area (Å²) in [5.74, 6) is 0.254. The summed E-state index contributed by atoms with van der Waals surface area (Å²) < 4.78 is 0. The van der Waals surface area contributed by atoms with Crippen molar-refractivity contribution >= 4 is 11.8 Å². The van der Waals surface area contributed by atoms with Gasteiger partial charge >= 0.3 is 0 Å². The molecule has 0 aromatic heterocycles. The number of nitrogens with zero attached hydrogens (tertiary/aromatic N) is 2. The van der Waals surface area contributed by atoms with E-state index in [0.717, 1.165) is 36.0 Å². The van der Waals surface area contributed by atoms with Crippen LogP contribution in [0, 0.1) is 6.92 Å². The van der Waals surface area contributed by atoms with Crippen LogP contribution in [0.2, 0.25) is 0 Å². The van der Waals surface area contributed by atoms with E-state index < -0.39 is 0 Å². The molecule has 1 atom stereocenters. The predicted octanol–water partition coefficient (Wildman–Crippen LogP) is 3.62. The first kappa shape index (κ1) is 17.8. The number of likely N-dealkylation sites (tertiary alicyclic amines) is 2. The van der Waals surface area contributed by atoms with Crippen LogP contribution in [0.5, 0.6) is 0 Å². The Labute approximate surface area is 160 Å². The Hall–Kier alpha value is -2.62. The number of amides is 2. The molecule has 2 aliphatic rings. The van der Waals surface area contributed by atoms with Crippen LogP contribution in [-0.2, 0) is 4.79 Å². The number of carbonyl (C=O) groups is 2. The summed E-state index contributed by atoms with van der Waals surface area (Å²) in [6.07, 6.45) is 2.53. The average molecular weight is 362 g/mol. The van der Waals surface area contributed by atoms with Crippen molar-refractivity contribution in [3.05, 3.63) is 71.3 Å². The third kappa shape index (κ3) is 3.03. The molecule has 2 amide bonds. The van der Waals surface area contributed by atoms with Crippen molar-refractivity contribution in [1.82, 2.24) is 9.80 Å². The Balaban J connectivity index is 1.49. The maximum absolute atomic E-state index is 12.9. The highest BCUT2D eigenvalue weighted by molar-refractivity contribution is 5.95. The zero-order valence-corrected chi connectivity index (χ0v) is 16.0. The second-order valence-electron chi connectivity index (χ2n) is 7.90. The summed E-state index contributed by atoms with van der Waals surface area (Å²) in [6.45, 7) is 3.38. The number of carbonyl (C=O) groups excluding carboxylic acids is 2. The molecule has 4 heteroatoms. The van der Waals surface area contributed by atoms with Crippen LogP contribution < -0.4 is 0 Å². The molecule has 4 nitrogen and oxygen atoms in total. The predicted molar refractivity (Wildman–Crippen MR) is 106 cm³/mol. The summed E-state index contributed by atoms with van der Waals surface area (Å²) in [6, 6.07) is 17.8. The molecule has 2 aromatic carbocycles. The van der Waals surface area contributed by atoms with Gasteiger partial charge in [0.25, 0.3) is 5.91 Å². The minimum atomic E-state index is -0.125. The molecule has 27 heavy (non-hydrogen) atoms. The quantitative estimate of drug-likeness (QED) is 0.819. The van der Waals surface area contributed by atoms with Crippen LogP contribution in [0.3, 0.4) is 0 Å². The van der Waals surface area contributed by atoms with E-state index in [-0.39, 0.29) is 23.3 Å². The Morgan fingerprint density at radius 3 is 2.30 bits per heavy atom. The first-order valence-electron chi connectivity index (χ1n) is 9.69. The summed E-state index contributed by atoms with van der Waals surface area (Å²) in [5, 5.41) is 0. The van der Waals surface area contributed by atoms with Gasteiger partial charge < -0.3 is 9.80 Å². The van der Waals surface area contributed by atoms with E-state index in [1.807, 2.05) is 78.4 Å². The van der Waals surface area contributed by atoms with Crippen molar-refractivity contribution in [2.75, 3.05) is 20.1 Å². The van der Waals surface area contributed by atoms with Gasteiger partial charge in [0.15, 0.2) is 0 Å². The number of likely N-dealkylation sites (N-methyl/N-ethyl adjacent to an activating group) is 1. The normalized spacial score (nSPS) is 21.7. The molecule has 0 radical (unpaired) electrons. The lowest BCUT2D eigenvalue weighted by Crippen LogP contribution is -2.52. The van der Waals surface area contributed by atoms with E-state index in [1.165, 1.54) is 0 Å². The van der Waals surface area contributed by atoms with Gasteiger partial charge in [-0.25, -0.2) is 0 Å². The molecule has 2 saturated heterocycles.